The van der Waals surface area contributed by atoms with Gasteiger partial charge in [-0.1, -0.05) is 30.3 Å². The summed E-state index contributed by atoms with van der Waals surface area (Å²) in [6.07, 6.45) is -1.27. The molecule has 3 atom stereocenters. The minimum Gasteiger partial charge on any atom is -0.378 e. The standard InChI is InChI=1S/C14H17N3O3/c1-9(8-15)7-11(13(16)19)17-14(20)12(18)10-5-3-2-4-6-10/h2-6,9,11-12,18H,7H2,1H3,(H2,16,19)(H,17,20)/t9-,11-,12-/m0/s1. The third-order valence-corrected chi connectivity index (χ3v) is 2.83. The molecule has 0 aliphatic carbocycles. The van der Waals surface area contributed by atoms with Crippen molar-refractivity contribution in [1.29, 1.82) is 5.26 Å². The molecule has 20 heavy (non-hydrogen) atoms. The third-order valence-electron chi connectivity index (χ3n) is 2.83. The van der Waals surface area contributed by atoms with Crippen LogP contribution < -0.4 is 11.1 Å². The van der Waals surface area contributed by atoms with Crippen LogP contribution in [0.25, 0.3) is 0 Å². The summed E-state index contributed by atoms with van der Waals surface area (Å²) in [7, 11) is 0. The van der Waals surface area contributed by atoms with Crippen molar-refractivity contribution in [3.05, 3.63) is 35.9 Å². The van der Waals surface area contributed by atoms with E-state index in [1.165, 1.54) is 0 Å². The first-order chi connectivity index (χ1) is 9.45. The lowest BCUT2D eigenvalue weighted by atomic mass is 10.0. The van der Waals surface area contributed by atoms with E-state index in [1.807, 2.05) is 6.07 Å². The quantitative estimate of drug-likeness (QED) is 0.689. The Morgan fingerprint density at radius 1 is 1.40 bits per heavy atom. The number of aliphatic hydroxyl groups excluding tert-OH is 1. The maximum absolute atomic E-state index is 11.9. The lowest BCUT2D eigenvalue weighted by molar-refractivity contribution is -0.133. The Labute approximate surface area is 117 Å². The van der Waals surface area contributed by atoms with E-state index in [1.54, 1.807) is 37.3 Å². The van der Waals surface area contributed by atoms with E-state index in [0.717, 1.165) is 0 Å². The number of nitrogens with one attached hydrogen (secondary N) is 1. The summed E-state index contributed by atoms with van der Waals surface area (Å²) in [5.74, 6) is -1.88. The molecular weight excluding hydrogens is 258 g/mol. The summed E-state index contributed by atoms with van der Waals surface area (Å²) in [5.41, 5.74) is 5.60. The van der Waals surface area contributed by atoms with Gasteiger partial charge in [-0.15, -0.1) is 0 Å². The number of aliphatic hydroxyl groups is 1. The van der Waals surface area contributed by atoms with Crippen molar-refractivity contribution < 1.29 is 14.7 Å². The maximum Gasteiger partial charge on any atom is 0.254 e. The van der Waals surface area contributed by atoms with Gasteiger partial charge in [0.15, 0.2) is 6.10 Å². The van der Waals surface area contributed by atoms with E-state index in [2.05, 4.69) is 5.32 Å². The van der Waals surface area contributed by atoms with Crippen molar-refractivity contribution in [3.8, 4) is 6.07 Å². The summed E-state index contributed by atoms with van der Waals surface area (Å²) in [6, 6.07) is 9.32. The van der Waals surface area contributed by atoms with Gasteiger partial charge in [0, 0.05) is 5.92 Å². The number of rotatable bonds is 6. The van der Waals surface area contributed by atoms with Crippen molar-refractivity contribution in [2.45, 2.75) is 25.5 Å². The first-order valence-electron chi connectivity index (χ1n) is 6.18. The molecule has 0 aromatic heterocycles. The molecule has 0 spiro atoms. The number of nitrogens with zero attached hydrogens (tertiary/aromatic N) is 1. The summed E-state index contributed by atoms with van der Waals surface area (Å²) in [6.45, 7) is 1.62. The summed E-state index contributed by atoms with van der Waals surface area (Å²) >= 11 is 0. The largest absolute Gasteiger partial charge is 0.378 e. The highest BCUT2D eigenvalue weighted by atomic mass is 16.3. The average molecular weight is 275 g/mol. The third kappa shape index (κ3) is 4.37. The number of hydrogen-bond donors (Lipinski definition) is 3. The lowest BCUT2D eigenvalue weighted by Crippen LogP contribution is -2.46. The van der Waals surface area contributed by atoms with Crippen LogP contribution in [0.3, 0.4) is 0 Å². The van der Waals surface area contributed by atoms with Gasteiger partial charge < -0.3 is 16.2 Å². The molecule has 1 rings (SSSR count). The van der Waals surface area contributed by atoms with Gasteiger partial charge in [-0.25, -0.2) is 0 Å². The Balaban J connectivity index is 2.72. The van der Waals surface area contributed by atoms with E-state index in [4.69, 9.17) is 11.0 Å². The zero-order valence-corrected chi connectivity index (χ0v) is 11.1. The Morgan fingerprint density at radius 2 is 2.00 bits per heavy atom. The van der Waals surface area contributed by atoms with Crippen LogP contribution in [0.5, 0.6) is 0 Å². The molecule has 2 amide bonds. The number of nitrogens with two attached hydrogens (primary N) is 1. The molecule has 1 aromatic rings. The predicted octanol–water partition coefficient (Wildman–Crippen LogP) is 0.240. The van der Waals surface area contributed by atoms with Crippen molar-refractivity contribution in [2.75, 3.05) is 0 Å². The average Bonchev–Trinajstić information content (AvgIpc) is 2.46. The molecule has 0 bridgehead atoms. The summed E-state index contributed by atoms with van der Waals surface area (Å²) in [4.78, 5) is 23.1. The highest BCUT2D eigenvalue weighted by Crippen LogP contribution is 2.13. The number of amides is 2. The molecule has 0 fully saturated rings. The number of benzene rings is 1. The van der Waals surface area contributed by atoms with E-state index < -0.39 is 29.9 Å². The molecule has 4 N–H and O–H groups in total. The molecule has 6 nitrogen and oxygen atoms in total. The molecule has 0 saturated heterocycles. The van der Waals surface area contributed by atoms with Crippen LogP contribution in [-0.2, 0) is 9.59 Å². The van der Waals surface area contributed by atoms with Crippen LogP contribution in [0.4, 0.5) is 0 Å². The minimum atomic E-state index is -1.38. The van der Waals surface area contributed by atoms with Crippen LogP contribution >= 0.6 is 0 Å². The van der Waals surface area contributed by atoms with Crippen molar-refractivity contribution in [1.82, 2.24) is 5.32 Å². The van der Waals surface area contributed by atoms with Gasteiger partial charge in [0.25, 0.3) is 5.91 Å². The normalized spacial score (nSPS) is 14.7. The second kappa shape index (κ2) is 7.26. The second-order valence-electron chi connectivity index (χ2n) is 4.54. The van der Waals surface area contributed by atoms with Gasteiger partial charge in [0.05, 0.1) is 6.07 Å². The van der Waals surface area contributed by atoms with Gasteiger partial charge in [0.1, 0.15) is 6.04 Å². The first kappa shape index (κ1) is 15.7. The minimum absolute atomic E-state index is 0.110. The summed E-state index contributed by atoms with van der Waals surface area (Å²) in [5, 5.41) is 21.0. The molecule has 0 radical (unpaired) electrons. The van der Waals surface area contributed by atoms with Gasteiger partial charge in [-0.2, -0.15) is 5.26 Å². The molecule has 106 valence electrons. The molecule has 1 aromatic carbocycles. The SMILES string of the molecule is C[C@H](C#N)C[C@H](NC(=O)[C@@H](O)c1ccccc1)C(N)=O. The second-order valence-corrected chi connectivity index (χ2v) is 4.54. The molecule has 0 unspecified atom stereocenters. The fourth-order valence-electron chi connectivity index (χ4n) is 1.69. The molecule has 0 saturated carbocycles. The van der Waals surface area contributed by atoms with Gasteiger partial charge in [0.2, 0.25) is 5.91 Å². The predicted molar refractivity (Wildman–Crippen MR) is 71.9 cm³/mol. The van der Waals surface area contributed by atoms with Crippen molar-refractivity contribution in [2.24, 2.45) is 11.7 Å². The number of nitriles is 1. The number of primary amides is 1. The van der Waals surface area contributed by atoms with Gasteiger partial charge in [-0.05, 0) is 18.9 Å². The van der Waals surface area contributed by atoms with E-state index in [-0.39, 0.29) is 6.42 Å². The monoisotopic (exact) mass is 275 g/mol. The Hall–Kier alpha value is -2.39. The number of carbonyl (C=O) groups excluding carboxylic acids is 2. The van der Waals surface area contributed by atoms with Gasteiger partial charge in [-0.3, -0.25) is 9.59 Å². The van der Waals surface area contributed by atoms with Crippen LogP contribution in [-0.4, -0.2) is 23.0 Å². The summed E-state index contributed by atoms with van der Waals surface area (Å²) < 4.78 is 0. The van der Waals surface area contributed by atoms with E-state index in [0.29, 0.717) is 5.56 Å². The molecular formula is C14H17N3O3. The Morgan fingerprint density at radius 3 is 2.50 bits per heavy atom. The van der Waals surface area contributed by atoms with Crippen LogP contribution in [0, 0.1) is 17.2 Å². The smallest absolute Gasteiger partial charge is 0.254 e. The molecule has 0 aliphatic rings. The fraction of sp³-hybridized carbons (Fsp3) is 0.357. The topological polar surface area (TPSA) is 116 Å². The number of carbonyl (C=O) groups is 2. The molecule has 0 aliphatic heterocycles. The molecule has 6 heteroatoms. The zero-order valence-electron chi connectivity index (χ0n) is 11.1. The van der Waals surface area contributed by atoms with Crippen molar-refractivity contribution in [3.63, 3.8) is 0 Å². The highest BCUT2D eigenvalue weighted by molar-refractivity contribution is 5.89. The zero-order chi connectivity index (χ0) is 15.1. The van der Waals surface area contributed by atoms with Crippen LogP contribution in [0.15, 0.2) is 30.3 Å². The number of hydrogen-bond acceptors (Lipinski definition) is 4. The Kier molecular flexibility index (Phi) is 5.69. The van der Waals surface area contributed by atoms with Crippen LogP contribution in [0.1, 0.15) is 25.0 Å². The lowest BCUT2D eigenvalue weighted by Gasteiger charge is -2.19. The van der Waals surface area contributed by atoms with Crippen molar-refractivity contribution >= 4 is 11.8 Å². The maximum atomic E-state index is 11.9. The first-order valence-corrected chi connectivity index (χ1v) is 6.18. The fourth-order valence-corrected chi connectivity index (χ4v) is 1.69. The van der Waals surface area contributed by atoms with E-state index in [9.17, 15) is 14.7 Å². The van der Waals surface area contributed by atoms with E-state index >= 15 is 0 Å². The van der Waals surface area contributed by atoms with Crippen LogP contribution in [0.2, 0.25) is 0 Å². The highest BCUT2D eigenvalue weighted by Gasteiger charge is 2.25. The molecule has 0 heterocycles. The van der Waals surface area contributed by atoms with Gasteiger partial charge >= 0.3 is 0 Å². The Bertz CT molecular complexity index is 510.